The second-order valence-electron chi connectivity index (χ2n) is 4.06. The largest absolute Gasteiger partial charge is 0.276 e. The second kappa shape index (κ2) is 5.32. The molecular formula is C13H14ClFN2. The van der Waals surface area contributed by atoms with Crippen LogP contribution >= 0.6 is 11.6 Å². The number of aryl methyl sites for hydroxylation is 1. The Hall–Kier alpha value is -1.35. The number of aromatic nitrogens is 2. The van der Waals surface area contributed by atoms with Gasteiger partial charge in [0.05, 0.1) is 5.69 Å². The van der Waals surface area contributed by atoms with E-state index in [0.717, 1.165) is 5.69 Å². The molecule has 2 aromatic rings. The molecule has 1 atom stereocenters. The van der Waals surface area contributed by atoms with Crippen molar-refractivity contribution in [3.05, 3.63) is 53.6 Å². The molecule has 2 rings (SSSR count). The van der Waals surface area contributed by atoms with E-state index in [9.17, 15) is 4.39 Å². The summed E-state index contributed by atoms with van der Waals surface area (Å²) in [5.74, 6) is 0.152. The van der Waals surface area contributed by atoms with E-state index in [1.165, 1.54) is 6.07 Å². The van der Waals surface area contributed by atoms with Gasteiger partial charge in [0.15, 0.2) is 0 Å². The average Bonchev–Trinajstić information content (AvgIpc) is 2.73. The predicted octanol–water partition coefficient (Wildman–Crippen LogP) is 3.12. The monoisotopic (exact) mass is 252 g/mol. The van der Waals surface area contributed by atoms with Gasteiger partial charge < -0.3 is 0 Å². The molecule has 0 saturated heterocycles. The first-order chi connectivity index (χ1) is 8.20. The summed E-state index contributed by atoms with van der Waals surface area (Å²) in [4.78, 5) is 0. The molecule has 0 bridgehead atoms. The van der Waals surface area contributed by atoms with Crippen LogP contribution in [-0.4, -0.2) is 15.7 Å². The van der Waals surface area contributed by atoms with Crippen molar-refractivity contribution in [3.63, 3.8) is 0 Å². The third-order valence-electron chi connectivity index (χ3n) is 2.76. The molecule has 0 amide bonds. The molecule has 0 aliphatic carbocycles. The minimum absolute atomic E-state index is 0.0345. The van der Waals surface area contributed by atoms with Crippen LogP contribution in [0.2, 0.25) is 0 Å². The highest BCUT2D eigenvalue weighted by molar-refractivity contribution is 6.18. The number of halogens is 2. The van der Waals surface area contributed by atoms with E-state index in [1.54, 1.807) is 16.8 Å². The zero-order chi connectivity index (χ0) is 12.3. The summed E-state index contributed by atoms with van der Waals surface area (Å²) in [5.41, 5.74) is 1.59. The van der Waals surface area contributed by atoms with Crippen LogP contribution in [0.4, 0.5) is 4.39 Å². The van der Waals surface area contributed by atoms with E-state index in [4.69, 9.17) is 11.6 Å². The van der Waals surface area contributed by atoms with E-state index in [1.807, 2.05) is 25.4 Å². The lowest BCUT2D eigenvalue weighted by molar-refractivity contribution is 0.585. The van der Waals surface area contributed by atoms with E-state index >= 15 is 0 Å². The van der Waals surface area contributed by atoms with Crippen molar-refractivity contribution < 1.29 is 4.39 Å². The Balaban J connectivity index is 2.20. The first-order valence-electron chi connectivity index (χ1n) is 5.49. The summed E-state index contributed by atoms with van der Waals surface area (Å²) in [6.07, 6.45) is 2.53. The van der Waals surface area contributed by atoms with Gasteiger partial charge in [-0.1, -0.05) is 18.2 Å². The molecule has 2 nitrogen and oxygen atoms in total. The number of hydrogen-bond donors (Lipinski definition) is 0. The standard InChI is InChI=1S/C13H14ClFN2/c1-17-7-6-11(16-17)8-10(9-14)12-4-2-3-5-13(12)15/h2-7,10H,8-9H2,1H3. The first kappa shape index (κ1) is 12.1. The van der Waals surface area contributed by atoms with Crippen LogP contribution in [0.25, 0.3) is 0 Å². The topological polar surface area (TPSA) is 17.8 Å². The number of alkyl halides is 1. The minimum Gasteiger partial charge on any atom is -0.276 e. The lowest BCUT2D eigenvalue weighted by Crippen LogP contribution is -2.07. The van der Waals surface area contributed by atoms with Crippen molar-refractivity contribution in [3.8, 4) is 0 Å². The Kier molecular flexibility index (Phi) is 3.79. The van der Waals surface area contributed by atoms with E-state index in [0.29, 0.717) is 17.9 Å². The van der Waals surface area contributed by atoms with Crippen molar-refractivity contribution in [2.45, 2.75) is 12.3 Å². The highest BCUT2D eigenvalue weighted by Gasteiger charge is 2.16. The summed E-state index contributed by atoms with van der Waals surface area (Å²) in [6, 6.07) is 8.69. The summed E-state index contributed by atoms with van der Waals surface area (Å²) >= 11 is 5.93. The molecule has 0 saturated carbocycles. The van der Waals surface area contributed by atoms with Gasteiger partial charge in [0.2, 0.25) is 0 Å². The fourth-order valence-electron chi connectivity index (χ4n) is 1.88. The van der Waals surface area contributed by atoms with E-state index in [-0.39, 0.29) is 11.7 Å². The third-order valence-corrected chi connectivity index (χ3v) is 3.13. The van der Waals surface area contributed by atoms with Gasteiger partial charge in [-0.25, -0.2) is 4.39 Å². The maximum atomic E-state index is 13.7. The van der Waals surface area contributed by atoms with Gasteiger partial charge in [0.1, 0.15) is 5.82 Å². The van der Waals surface area contributed by atoms with Gasteiger partial charge in [0, 0.05) is 25.0 Å². The second-order valence-corrected chi connectivity index (χ2v) is 4.37. The predicted molar refractivity (Wildman–Crippen MR) is 66.8 cm³/mol. The Bertz CT molecular complexity index is 496. The molecule has 0 spiro atoms. The fourth-order valence-corrected chi connectivity index (χ4v) is 2.15. The van der Waals surface area contributed by atoms with Gasteiger partial charge in [0.25, 0.3) is 0 Å². The molecule has 1 unspecified atom stereocenters. The minimum atomic E-state index is -0.200. The third kappa shape index (κ3) is 2.86. The van der Waals surface area contributed by atoms with Crippen molar-refractivity contribution in [2.75, 3.05) is 5.88 Å². The maximum Gasteiger partial charge on any atom is 0.126 e. The summed E-state index contributed by atoms with van der Waals surface area (Å²) in [5, 5.41) is 4.29. The normalized spacial score (nSPS) is 12.6. The molecule has 1 aromatic heterocycles. The lowest BCUT2D eigenvalue weighted by atomic mass is 9.95. The van der Waals surface area contributed by atoms with Gasteiger partial charge in [-0.2, -0.15) is 5.10 Å². The van der Waals surface area contributed by atoms with Gasteiger partial charge in [-0.05, 0) is 24.1 Å². The zero-order valence-corrected chi connectivity index (χ0v) is 10.4. The molecule has 90 valence electrons. The molecule has 0 aliphatic heterocycles. The summed E-state index contributed by atoms with van der Waals surface area (Å²) in [7, 11) is 1.86. The highest BCUT2D eigenvalue weighted by atomic mass is 35.5. The van der Waals surface area contributed by atoms with Crippen molar-refractivity contribution in [1.82, 2.24) is 9.78 Å². The molecule has 17 heavy (non-hydrogen) atoms. The summed E-state index contributed by atoms with van der Waals surface area (Å²) < 4.78 is 15.4. The molecule has 0 radical (unpaired) electrons. The van der Waals surface area contributed by atoms with Gasteiger partial charge >= 0.3 is 0 Å². The van der Waals surface area contributed by atoms with Crippen LogP contribution in [0.15, 0.2) is 36.5 Å². The Morgan fingerprint density at radius 1 is 1.35 bits per heavy atom. The molecule has 0 fully saturated rings. The smallest absolute Gasteiger partial charge is 0.126 e. The van der Waals surface area contributed by atoms with Gasteiger partial charge in [-0.15, -0.1) is 11.6 Å². The SMILES string of the molecule is Cn1ccc(CC(CCl)c2ccccc2F)n1. The van der Waals surface area contributed by atoms with Crippen LogP contribution in [0.3, 0.4) is 0 Å². The van der Waals surface area contributed by atoms with E-state index in [2.05, 4.69) is 5.10 Å². The number of rotatable bonds is 4. The molecule has 1 aromatic carbocycles. The maximum absolute atomic E-state index is 13.7. The molecular weight excluding hydrogens is 239 g/mol. The van der Waals surface area contributed by atoms with Crippen LogP contribution in [0, 0.1) is 5.82 Å². The van der Waals surface area contributed by atoms with Gasteiger partial charge in [-0.3, -0.25) is 4.68 Å². The molecule has 0 aliphatic rings. The fraction of sp³-hybridized carbons (Fsp3) is 0.308. The molecule has 4 heteroatoms. The summed E-state index contributed by atoms with van der Waals surface area (Å²) in [6.45, 7) is 0. The van der Waals surface area contributed by atoms with Crippen LogP contribution in [0.5, 0.6) is 0 Å². The number of hydrogen-bond acceptors (Lipinski definition) is 1. The lowest BCUT2D eigenvalue weighted by Gasteiger charge is -2.13. The average molecular weight is 253 g/mol. The molecule has 1 heterocycles. The number of benzene rings is 1. The Labute approximate surface area is 105 Å². The quantitative estimate of drug-likeness (QED) is 0.765. The van der Waals surface area contributed by atoms with E-state index < -0.39 is 0 Å². The molecule has 0 N–H and O–H groups in total. The highest BCUT2D eigenvalue weighted by Crippen LogP contribution is 2.24. The Morgan fingerprint density at radius 3 is 2.71 bits per heavy atom. The van der Waals surface area contributed by atoms with Crippen molar-refractivity contribution in [1.29, 1.82) is 0 Å². The van der Waals surface area contributed by atoms with Crippen molar-refractivity contribution >= 4 is 11.6 Å². The number of nitrogens with zero attached hydrogens (tertiary/aromatic N) is 2. The van der Waals surface area contributed by atoms with Crippen LogP contribution in [-0.2, 0) is 13.5 Å². The van der Waals surface area contributed by atoms with Crippen LogP contribution in [0.1, 0.15) is 17.2 Å². The Morgan fingerprint density at radius 2 is 2.12 bits per heavy atom. The zero-order valence-electron chi connectivity index (χ0n) is 9.61. The first-order valence-corrected chi connectivity index (χ1v) is 6.03. The van der Waals surface area contributed by atoms with Crippen LogP contribution < -0.4 is 0 Å². The van der Waals surface area contributed by atoms with Crippen molar-refractivity contribution in [2.24, 2.45) is 7.05 Å².